The van der Waals surface area contributed by atoms with Crippen molar-refractivity contribution in [1.82, 2.24) is 0 Å². The fourth-order valence-corrected chi connectivity index (χ4v) is 4.01. The summed E-state index contributed by atoms with van der Waals surface area (Å²) >= 11 is 0. The molecule has 2 aliphatic rings. The number of rotatable bonds is 2. The van der Waals surface area contributed by atoms with E-state index in [4.69, 9.17) is 0 Å². The first-order valence-electron chi connectivity index (χ1n) is 7.38. The Morgan fingerprint density at radius 2 is 1.86 bits per heavy atom. The number of hydrogen-bond donors (Lipinski definition) is 1. The van der Waals surface area contributed by atoms with Crippen molar-refractivity contribution in [2.75, 3.05) is 0 Å². The SMILES string of the molecule is OC(c1cccc(F)c1F)C1C2CCc3ccccc3C21. The van der Waals surface area contributed by atoms with Crippen LogP contribution in [0.1, 0.15) is 35.1 Å². The smallest absolute Gasteiger partial charge is 0.164 e. The van der Waals surface area contributed by atoms with E-state index >= 15 is 0 Å². The van der Waals surface area contributed by atoms with Crippen molar-refractivity contribution in [2.24, 2.45) is 11.8 Å². The van der Waals surface area contributed by atoms with Crippen LogP contribution in [-0.2, 0) is 6.42 Å². The number of halogens is 2. The minimum atomic E-state index is -0.929. The van der Waals surface area contributed by atoms with Crippen LogP contribution >= 0.6 is 0 Å². The minimum Gasteiger partial charge on any atom is -0.388 e. The lowest BCUT2D eigenvalue weighted by Gasteiger charge is -2.14. The van der Waals surface area contributed by atoms with Crippen molar-refractivity contribution in [1.29, 1.82) is 0 Å². The summed E-state index contributed by atoms with van der Waals surface area (Å²) in [5.74, 6) is -1.13. The van der Waals surface area contributed by atoms with E-state index in [9.17, 15) is 13.9 Å². The molecule has 0 heterocycles. The van der Waals surface area contributed by atoms with Gasteiger partial charge in [-0.15, -0.1) is 0 Å². The molecule has 0 spiro atoms. The number of aryl methyl sites for hydroxylation is 1. The van der Waals surface area contributed by atoms with Crippen molar-refractivity contribution >= 4 is 0 Å². The lowest BCUT2D eigenvalue weighted by molar-refractivity contribution is 0.139. The second-order valence-electron chi connectivity index (χ2n) is 6.09. The number of hydrogen-bond acceptors (Lipinski definition) is 1. The molecule has 0 aliphatic heterocycles. The monoisotopic (exact) mass is 286 g/mol. The van der Waals surface area contributed by atoms with E-state index in [1.54, 1.807) is 0 Å². The Balaban J connectivity index is 1.66. The van der Waals surface area contributed by atoms with Crippen LogP contribution in [0.5, 0.6) is 0 Å². The molecule has 108 valence electrons. The van der Waals surface area contributed by atoms with Crippen molar-refractivity contribution in [2.45, 2.75) is 24.9 Å². The van der Waals surface area contributed by atoms with Crippen molar-refractivity contribution in [3.05, 3.63) is 70.8 Å². The molecule has 4 atom stereocenters. The summed E-state index contributed by atoms with van der Waals surface area (Å²) in [6.07, 6.45) is 1.09. The maximum Gasteiger partial charge on any atom is 0.164 e. The molecule has 1 fully saturated rings. The van der Waals surface area contributed by atoms with Crippen LogP contribution in [0.2, 0.25) is 0 Å². The molecular weight excluding hydrogens is 270 g/mol. The molecule has 21 heavy (non-hydrogen) atoms. The Labute approximate surface area is 122 Å². The maximum atomic E-state index is 13.9. The zero-order chi connectivity index (χ0) is 14.6. The number of aliphatic hydroxyl groups is 1. The summed E-state index contributed by atoms with van der Waals surface area (Å²) in [4.78, 5) is 0. The summed E-state index contributed by atoms with van der Waals surface area (Å²) in [6.45, 7) is 0. The molecule has 0 saturated heterocycles. The van der Waals surface area contributed by atoms with Gasteiger partial charge in [0.15, 0.2) is 11.6 Å². The Morgan fingerprint density at radius 1 is 1.05 bits per heavy atom. The second kappa shape index (κ2) is 4.63. The summed E-state index contributed by atoms with van der Waals surface area (Å²) in [5, 5.41) is 10.5. The summed E-state index contributed by atoms with van der Waals surface area (Å²) in [7, 11) is 0. The highest BCUT2D eigenvalue weighted by Gasteiger charge is 2.56. The molecule has 1 saturated carbocycles. The molecule has 4 rings (SSSR count). The van der Waals surface area contributed by atoms with Gasteiger partial charge in [0, 0.05) is 5.56 Å². The van der Waals surface area contributed by atoms with E-state index < -0.39 is 17.7 Å². The standard InChI is InChI=1S/C18H16F2O/c19-14-7-3-6-13(17(14)20)18(21)16-12-9-8-10-4-1-2-5-11(10)15(12)16/h1-7,12,15-16,18,21H,8-9H2. The Bertz CT molecular complexity index is 697. The van der Waals surface area contributed by atoms with Gasteiger partial charge in [0.2, 0.25) is 0 Å². The van der Waals surface area contributed by atoms with Crippen LogP contribution in [0.15, 0.2) is 42.5 Å². The minimum absolute atomic E-state index is 0.00458. The first-order chi connectivity index (χ1) is 10.2. The predicted octanol–water partition coefficient (Wildman–Crippen LogP) is 3.97. The molecule has 0 bridgehead atoms. The number of aliphatic hydroxyl groups excluding tert-OH is 1. The van der Waals surface area contributed by atoms with Gasteiger partial charge in [-0.25, -0.2) is 8.78 Å². The van der Waals surface area contributed by atoms with Gasteiger partial charge in [-0.3, -0.25) is 0 Å². The van der Waals surface area contributed by atoms with Gasteiger partial charge in [-0.1, -0.05) is 36.4 Å². The van der Waals surface area contributed by atoms with Crippen LogP contribution in [0.3, 0.4) is 0 Å². The fourth-order valence-electron chi connectivity index (χ4n) is 4.01. The van der Waals surface area contributed by atoms with Gasteiger partial charge < -0.3 is 5.11 Å². The lowest BCUT2D eigenvalue weighted by Crippen LogP contribution is -2.06. The molecule has 2 aliphatic carbocycles. The third kappa shape index (κ3) is 1.91. The summed E-state index contributed by atoms with van der Waals surface area (Å²) in [6, 6.07) is 12.3. The van der Waals surface area contributed by atoms with Gasteiger partial charge in [0.1, 0.15) is 0 Å². The highest BCUT2D eigenvalue weighted by atomic mass is 19.2. The lowest BCUT2D eigenvalue weighted by atomic mass is 9.92. The molecular formula is C18H16F2O. The summed E-state index contributed by atoms with van der Waals surface area (Å²) in [5.41, 5.74) is 2.69. The average Bonchev–Trinajstić information content (AvgIpc) is 3.24. The normalized spacial score (nSPS) is 27.7. The molecule has 3 heteroatoms. The van der Waals surface area contributed by atoms with Crippen LogP contribution < -0.4 is 0 Å². The molecule has 0 aromatic heterocycles. The van der Waals surface area contributed by atoms with E-state index in [2.05, 4.69) is 12.1 Å². The van der Waals surface area contributed by atoms with Gasteiger partial charge in [0.05, 0.1) is 6.10 Å². The van der Waals surface area contributed by atoms with Crippen LogP contribution in [0.4, 0.5) is 8.78 Å². The van der Waals surface area contributed by atoms with Crippen molar-refractivity contribution in [3.63, 3.8) is 0 Å². The largest absolute Gasteiger partial charge is 0.388 e. The van der Waals surface area contributed by atoms with Crippen LogP contribution in [0.25, 0.3) is 0 Å². The summed E-state index contributed by atoms with van der Waals surface area (Å²) < 4.78 is 27.2. The first-order valence-corrected chi connectivity index (χ1v) is 7.38. The number of fused-ring (bicyclic) bond motifs is 3. The maximum absolute atomic E-state index is 13.9. The Morgan fingerprint density at radius 3 is 2.71 bits per heavy atom. The Kier molecular flexibility index (Phi) is 2.86. The molecule has 1 N–H and O–H groups in total. The highest BCUT2D eigenvalue weighted by Crippen LogP contribution is 2.64. The fraction of sp³-hybridized carbons (Fsp3) is 0.333. The molecule has 2 aromatic carbocycles. The van der Waals surface area contributed by atoms with Gasteiger partial charge in [-0.05, 0) is 47.8 Å². The van der Waals surface area contributed by atoms with E-state index in [-0.39, 0.29) is 17.4 Å². The quantitative estimate of drug-likeness (QED) is 0.885. The predicted molar refractivity (Wildman–Crippen MR) is 75.8 cm³/mol. The van der Waals surface area contributed by atoms with Gasteiger partial charge in [-0.2, -0.15) is 0 Å². The first kappa shape index (κ1) is 13.0. The molecule has 0 radical (unpaired) electrons. The van der Waals surface area contributed by atoms with Crippen molar-refractivity contribution < 1.29 is 13.9 Å². The second-order valence-corrected chi connectivity index (χ2v) is 6.09. The van der Waals surface area contributed by atoms with E-state index in [0.29, 0.717) is 5.92 Å². The topological polar surface area (TPSA) is 20.2 Å². The van der Waals surface area contributed by atoms with E-state index in [1.807, 2.05) is 12.1 Å². The van der Waals surface area contributed by atoms with Crippen LogP contribution in [-0.4, -0.2) is 5.11 Å². The molecule has 4 unspecified atom stereocenters. The van der Waals surface area contributed by atoms with Gasteiger partial charge in [0.25, 0.3) is 0 Å². The zero-order valence-electron chi connectivity index (χ0n) is 11.5. The van der Waals surface area contributed by atoms with E-state index in [1.165, 1.54) is 23.3 Å². The Hall–Kier alpha value is -1.74. The molecule has 2 aromatic rings. The third-order valence-electron chi connectivity index (χ3n) is 5.06. The van der Waals surface area contributed by atoms with Crippen molar-refractivity contribution in [3.8, 4) is 0 Å². The molecule has 0 amide bonds. The van der Waals surface area contributed by atoms with E-state index in [0.717, 1.165) is 18.9 Å². The zero-order valence-corrected chi connectivity index (χ0v) is 11.5. The highest BCUT2D eigenvalue weighted by molar-refractivity contribution is 5.41. The molecule has 1 nitrogen and oxygen atoms in total. The third-order valence-corrected chi connectivity index (χ3v) is 5.06. The van der Waals surface area contributed by atoms with Crippen LogP contribution in [0, 0.1) is 23.5 Å². The number of benzene rings is 2. The average molecular weight is 286 g/mol. The van der Waals surface area contributed by atoms with Gasteiger partial charge >= 0.3 is 0 Å².